The molecule has 2 unspecified atom stereocenters. The van der Waals surface area contributed by atoms with E-state index in [9.17, 15) is 0 Å². The largest absolute Gasteiger partial charge is 0.317 e. The minimum absolute atomic E-state index is 0.763. The van der Waals surface area contributed by atoms with E-state index in [-0.39, 0.29) is 0 Å². The Labute approximate surface area is 108 Å². The number of hydrogen-bond acceptors (Lipinski definition) is 2. The molecule has 2 atom stereocenters. The van der Waals surface area contributed by atoms with Crippen molar-refractivity contribution in [2.45, 2.75) is 77.3 Å². The van der Waals surface area contributed by atoms with Crippen LogP contribution in [0.25, 0.3) is 0 Å². The van der Waals surface area contributed by atoms with Crippen LogP contribution in [-0.2, 0) is 0 Å². The number of rotatable bonds is 8. The molecule has 17 heavy (non-hydrogen) atoms. The fourth-order valence-electron chi connectivity index (χ4n) is 2.96. The topological polar surface area (TPSA) is 15.3 Å². The second-order valence-corrected chi connectivity index (χ2v) is 5.55. The van der Waals surface area contributed by atoms with Gasteiger partial charge in [-0.3, -0.25) is 0 Å². The summed E-state index contributed by atoms with van der Waals surface area (Å²) >= 11 is 0. The monoisotopic (exact) mass is 240 g/mol. The zero-order chi connectivity index (χ0) is 12.5. The van der Waals surface area contributed by atoms with Gasteiger partial charge < -0.3 is 10.2 Å². The van der Waals surface area contributed by atoms with E-state index in [1.165, 1.54) is 64.5 Å². The van der Waals surface area contributed by atoms with Crippen molar-refractivity contribution in [2.24, 2.45) is 0 Å². The highest BCUT2D eigenvalue weighted by molar-refractivity contribution is 4.83. The molecule has 1 saturated carbocycles. The van der Waals surface area contributed by atoms with Crippen LogP contribution in [-0.4, -0.2) is 37.1 Å². The Morgan fingerprint density at radius 1 is 1.06 bits per heavy atom. The third-order valence-electron chi connectivity index (χ3n) is 4.17. The Bertz CT molecular complexity index is 174. The minimum atomic E-state index is 0.763. The van der Waals surface area contributed by atoms with E-state index >= 15 is 0 Å². The van der Waals surface area contributed by atoms with Crippen molar-refractivity contribution in [3.63, 3.8) is 0 Å². The predicted molar refractivity (Wildman–Crippen MR) is 76.5 cm³/mol. The van der Waals surface area contributed by atoms with Crippen LogP contribution >= 0.6 is 0 Å². The Hall–Kier alpha value is -0.0800. The summed E-state index contributed by atoms with van der Waals surface area (Å²) in [5.74, 6) is 0. The van der Waals surface area contributed by atoms with Crippen molar-refractivity contribution < 1.29 is 0 Å². The van der Waals surface area contributed by atoms with E-state index < -0.39 is 0 Å². The average Bonchev–Trinajstić information content (AvgIpc) is 2.39. The fourth-order valence-corrected chi connectivity index (χ4v) is 2.96. The summed E-state index contributed by atoms with van der Waals surface area (Å²) < 4.78 is 0. The molecular formula is C15H32N2. The van der Waals surface area contributed by atoms with Crippen LogP contribution in [0.1, 0.15) is 65.2 Å². The molecule has 2 heteroatoms. The van der Waals surface area contributed by atoms with E-state index in [1.54, 1.807) is 0 Å². The zero-order valence-electron chi connectivity index (χ0n) is 12.2. The van der Waals surface area contributed by atoms with Gasteiger partial charge in [0.25, 0.3) is 0 Å². The molecule has 1 aliphatic rings. The molecule has 1 rings (SSSR count). The molecule has 0 amide bonds. The number of nitrogens with one attached hydrogen (secondary N) is 1. The smallest absolute Gasteiger partial charge is 0.0110 e. The van der Waals surface area contributed by atoms with Gasteiger partial charge in [0.2, 0.25) is 0 Å². The van der Waals surface area contributed by atoms with Crippen LogP contribution < -0.4 is 5.32 Å². The maximum Gasteiger partial charge on any atom is 0.0110 e. The van der Waals surface area contributed by atoms with Gasteiger partial charge >= 0.3 is 0 Å². The number of hydrogen-bond donors (Lipinski definition) is 1. The first-order valence-corrected chi connectivity index (χ1v) is 7.73. The summed E-state index contributed by atoms with van der Waals surface area (Å²) in [4.78, 5) is 2.77. The molecule has 1 aliphatic carbocycles. The van der Waals surface area contributed by atoms with Gasteiger partial charge in [0.05, 0.1) is 0 Å². The van der Waals surface area contributed by atoms with E-state index in [0.717, 1.165) is 12.1 Å². The van der Waals surface area contributed by atoms with Gasteiger partial charge in [0, 0.05) is 12.1 Å². The molecule has 0 saturated heterocycles. The van der Waals surface area contributed by atoms with E-state index in [1.807, 2.05) is 0 Å². The molecule has 1 fully saturated rings. The Kier molecular flexibility index (Phi) is 7.87. The van der Waals surface area contributed by atoms with Crippen molar-refractivity contribution in [1.82, 2.24) is 10.2 Å². The maximum atomic E-state index is 3.47. The Morgan fingerprint density at radius 2 is 1.71 bits per heavy atom. The lowest BCUT2D eigenvalue weighted by Gasteiger charge is -2.37. The summed E-state index contributed by atoms with van der Waals surface area (Å²) in [5, 5.41) is 3.47. The average molecular weight is 240 g/mol. The summed E-state index contributed by atoms with van der Waals surface area (Å²) in [7, 11) is 2.12. The van der Waals surface area contributed by atoms with Crippen LogP contribution in [0.2, 0.25) is 0 Å². The lowest BCUT2D eigenvalue weighted by Crippen LogP contribution is -2.44. The highest BCUT2D eigenvalue weighted by Gasteiger charge is 2.25. The molecule has 1 N–H and O–H groups in total. The summed E-state index contributed by atoms with van der Waals surface area (Å²) in [6.07, 6.45) is 11.0. The quantitative estimate of drug-likeness (QED) is 0.699. The SMILES string of the molecule is CCCCN(CCCC)C1CCCC(NC)C1. The number of nitrogens with zero attached hydrogens (tertiary/aromatic N) is 1. The normalized spacial score (nSPS) is 25.4. The summed E-state index contributed by atoms with van der Waals surface area (Å²) in [5.41, 5.74) is 0. The van der Waals surface area contributed by atoms with Gasteiger partial charge in [-0.2, -0.15) is 0 Å². The summed E-state index contributed by atoms with van der Waals surface area (Å²) in [6.45, 7) is 7.24. The molecular weight excluding hydrogens is 208 g/mol. The minimum Gasteiger partial charge on any atom is -0.317 e. The van der Waals surface area contributed by atoms with E-state index in [0.29, 0.717) is 0 Å². The summed E-state index contributed by atoms with van der Waals surface area (Å²) in [6, 6.07) is 1.61. The van der Waals surface area contributed by atoms with Crippen molar-refractivity contribution in [3.05, 3.63) is 0 Å². The van der Waals surface area contributed by atoms with Crippen molar-refractivity contribution in [3.8, 4) is 0 Å². The van der Waals surface area contributed by atoms with Crippen LogP contribution in [0.4, 0.5) is 0 Å². The van der Waals surface area contributed by atoms with Gasteiger partial charge in [0.1, 0.15) is 0 Å². The second-order valence-electron chi connectivity index (χ2n) is 5.55. The Balaban J connectivity index is 2.42. The van der Waals surface area contributed by atoms with Gasteiger partial charge in [0.15, 0.2) is 0 Å². The first-order valence-electron chi connectivity index (χ1n) is 7.73. The zero-order valence-corrected chi connectivity index (χ0v) is 12.2. The van der Waals surface area contributed by atoms with E-state index in [2.05, 4.69) is 31.1 Å². The van der Waals surface area contributed by atoms with Crippen LogP contribution in [0.5, 0.6) is 0 Å². The molecule has 0 bridgehead atoms. The second kappa shape index (κ2) is 8.93. The molecule has 0 aliphatic heterocycles. The van der Waals surface area contributed by atoms with Crippen LogP contribution in [0.3, 0.4) is 0 Å². The highest BCUT2D eigenvalue weighted by Crippen LogP contribution is 2.23. The van der Waals surface area contributed by atoms with Gasteiger partial charge in [-0.15, -0.1) is 0 Å². The molecule has 0 spiro atoms. The van der Waals surface area contributed by atoms with Crippen molar-refractivity contribution in [1.29, 1.82) is 0 Å². The van der Waals surface area contributed by atoms with Crippen molar-refractivity contribution in [2.75, 3.05) is 20.1 Å². The third kappa shape index (κ3) is 5.39. The fraction of sp³-hybridized carbons (Fsp3) is 1.00. The molecule has 102 valence electrons. The van der Waals surface area contributed by atoms with Crippen molar-refractivity contribution >= 4 is 0 Å². The first kappa shape index (κ1) is 15.0. The third-order valence-corrected chi connectivity index (χ3v) is 4.17. The van der Waals surface area contributed by atoms with E-state index in [4.69, 9.17) is 0 Å². The van der Waals surface area contributed by atoms with Gasteiger partial charge in [-0.05, 0) is 52.2 Å². The van der Waals surface area contributed by atoms with Crippen LogP contribution in [0, 0.1) is 0 Å². The molecule has 0 aromatic rings. The van der Waals surface area contributed by atoms with Gasteiger partial charge in [-0.25, -0.2) is 0 Å². The van der Waals surface area contributed by atoms with Crippen LogP contribution in [0.15, 0.2) is 0 Å². The highest BCUT2D eigenvalue weighted by atomic mass is 15.2. The Morgan fingerprint density at radius 3 is 2.24 bits per heavy atom. The number of unbranched alkanes of at least 4 members (excludes halogenated alkanes) is 2. The molecule has 0 aromatic heterocycles. The molecule has 0 radical (unpaired) electrons. The van der Waals surface area contributed by atoms with Gasteiger partial charge in [-0.1, -0.05) is 33.1 Å². The predicted octanol–water partition coefficient (Wildman–Crippen LogP) is 3.42. The lowest BCUT2D eigenvalue weighted by atomic mass is 9.89. The first-order chi connectivity index (χ1) is 8.31. The molecule has 2 nitrogen and oxygen atoms in total. The molecule has 0 aromatic carbocycles. The molecule has 0 heterocycles. The standard InChI is InChI=1S/C15H32N2/c1-4-6-11-17(12-7-5-2)15-10-8-9-14(13-15)16-3/h14-16H,4-13H2,1-3H3. The lowest BCUT2D eigenvalue weighted by molar-refractivity contribution is 0.137. The maximum absolute atomic E-state index is 3.47.